The highest BCUT2D eigenvalue weighted by molar-refractivity contribution is 8.04. The molecule has 0 aliphatic heterocycles. The van der Waals surface area contributed by atoms with E-state index in [2.05, 4.69) is 0 Å². The van der Waals surface area contributed by atoms with Crippen LogP contribution in [0, 0.1) is 0 Å². The van der Waals surface area contributed by atoms with Crippen LogP contribution in [0.4, 0.5) is 0 Å². The van der Waals surface area contributed by atoms with Gasteiger partial charge in [-0.05, 0) is 39.5 Å². The molecular weight excluding hydrogens is 279 g/mol. The summed E-state index contributed by atoms with van der Waals surface area (Å²) in [6.45, 7) is 7.49. The van der Waals surface area contributed by atoms with Gasteiger partial charge in [-0.1, -0.05) is 30.3 Å². The third kappa shape index (κ3) is 4.96. The summed E-state index contributed by atoms with van der Waals surface area (Å²) in [5.74, 6) is 0. The van der Waals surface area contributed by atoms with Crippen molar-refractivity contribution in [2.24, 2.45) is 0 Å². The summed E-state index contributed by atoms with van der Waals surface area (Å²) < 4.78 is 24.4. The lowest BCUT2D eigenvalue weighted by molar-refractivity contribution is 0.141. The highest BCUT2D eigenvalue weighted by Gasteiger charge is 2.38. The molecule has 0 aliphatic carbocycles. The van der Waals surface area contributed by atoms with Gasteiger partial charge in [-0.3, -0.25) is 4.57 Å². The van der Waals surface area contributed by atoms with Gasteiger partial charge in [0.05, 0.1) is 12.2 Å². The van der Waals surface area contributed by atoms with Crippen molar-refractivity contribution in [2.75, 3.05) is 6.26 Å². The number of hydrogen-bond donors (Lipinski definition) is 0. The zero-order valence-electron chi connectivity index (χ0n) is 12.2. The fourth-order valence-electron chi connectivity index (χ4n) is 1.79. The predicted molar refractivity (Wildman–Crippen MR) is 82.7 cm³/mol. The smallest absolute Gasteiger partial charge is 0.305 e. The van der Waals surface area contributed by atoms with Gasteiger partial charge in [0, 0.05) is 0 Å². The first kappa shape index (κ1) is 16.8. The summed E-state index contributed by atoms with van der Waals surface area (Å²) in [6.07, 6.45) is 1.66. The first-order chi connectivity index (χ1) is 8.89. The average Bonchev–Trinajstić information content (AvgIpc) is 2.28. The summed E-state index contributed by atoms with van der Waals surface area (Å²) in [6, 6.07) is 9.74. The molecule has 1 aromatic carbocycles. The van der Waals surface area contributed by atoms with Crippen LogP contribution in [-0.2, 0) is 13.6 Å². The Bertz CT molecular complexity index is 406. The minimum Gasteiger partial charge on any atom is -0.305 e. The molecule has 3 nitrogen and oxygen atoms in total. The standard InChI is InChI=1S/C14H23O3PS/c1-11(2)16-18(15,17-12(3)4)14(19-5)13-9-7-6-8-10-13/h6-12,14H,1-5H3. The molecule has 1 atom stereocenters. The van der Waals surface area contributed by atoms with Crippen LogP contribution >= 0.6 is 19.4 Å². The third-order valence-corrected chi connectivity index (χ3v) is 6.74. The summed E-state index contributed by atoms with van der Waals surface area (Å²) >= 11 is 1.50. The molecule has 1 aromatic rings. The lowest BCUT2D eigenvalue weighted by Gasteiger charge is -2.29. The van der Waals surface area contributed by atoms with Gasteiger partial charge >= 0.3 is 7.60 Å². The monoisotopic (exact) mass is 302 g/mol. The van der Waals surface area contributed by atoms with Gasteiger partial charge in [-0.15, -0.1) is 11.8 Å². The molecular formula is C14H23O3PS. The van der Waals surface area contributed by atoms with Crippen LogP contribution in [0.2, 0.25) is 0 Å². The maximum absolute atomic E-state index is 13.1. The summed E-state index contributed by atoms with van der Waals surface area (Å²) in [4.78, 5) is -0.293. The molecule has 5 heteroatoms. The Morgan fingerprint density at radius 3 is 1.84 bits per heavy atom. The van der Waals surface area contributed by atoms with E-state index in [9.17, 15) is 4.57 Å². The van der Waals surface area contributed by atoms with E-state index < -0.39 is 7.60 Å². The summed E-state index contributed by atoms with van der Waals surface area (Å²) in [7, 11) is -3.20. The number of hydrogen-bond acceptors (Lipinski definition) is 4. The summed E-state index contributed by atoms with van der Waals surface area (Å²) in [5, 5.41) is 0. The Labute approximate surface area is 120 Å². The second-order valence-corrected chi connectivity index (χ2v) is 8.16. The fourth-order valence-corrected chi connectivity index (χ4v) is 5.53. The first-order valence-electron chi connectivity index (χ1n) is 6.43. The molecule has 0 radical (unpaired) electrons. The Morgan fingerprint density at radius 2 is 1.47 bits per heavy atom. The molecule has 0 saturated heterocycles. The average molecular weight is 302 g/mol. The molecule has 1 unspecified atom stereocenters. The Hall–Kier alpha value is -0.280. The van der Waals surface area contributed by atoms with Crippen molar-refractivity contribution in [2.45, 2.75) is 44.9 Å². The molecule has 0 saturated carbocycles. The minimum absolute atomic E-state index is 0.136. The lowest BCUT2D eigenvalue weighted by atomic mass is 10.2. The molecule has 19 heavy (non-hydrogen) atoms. The predicted octanol–water partition coefficient (Wildman–Crippen LogP) is 5.09. The van der Waals surface area contributed by atoms with E-state index in [4.69, 9.17) is 9.05 Å². The van der Waals surface area contributed by atoms with Gasteiger partial charge in [0.2, 0.25) is 0 Å². The third-order valence-electron chi connectivity index (χ3n) is 2.31. The number of rotatable bonds is 7. The van der Waals surface area contributed by atoms with Gasteiger partial charge in [0.25, 0.3) is 0 Å². The van der Waals surface area contributed by atoms with Crippen LogP contribution < -0.4 is 0 Å². The zero-order chi connectivity index (χ0) is 14.5. The highest BCUT2D eigenvalue weighted by Crippen LogP contribution is 2.66. The van der Waals surface area contributed by atoms with Crippen molar-refractivity contribution in [3.05, 3.63) is 35.9 Å². The van der Waals surface area contributed by atoms with E-state index in [1.54, 1.807) is 0 Å². The van der Waals surface area contributed by atoms with Crippen molar-refractivity contribution in [1.82, 2.24) is 0 Å². The molecule has 0 amide bonds. The van der Waals surface area contributed by atoms with Crippen molar-refractivity contribution >= 4 is 19.4 Å². The maximum Gasteiger partial charge on any atom is 0.348 e. The minimum atomic E-state index is -3.20. The van der Waals surface area contributed by atoms with Crippen LogP contribution in [0.3, 0.4) is 0 Å². The molecule has 0 bridgehead atoms. The van der Waals surface area contributed by atoms with E-state index in [1.165, 1.54) is 11.8 Å². The molecule has 0 fully saturated rings. The molecule has 1 rings (SSSR count). The Kier molecular flexibility index (Phi) is 6.61. The molecule has 108 valence electrons. The maximum atomic E-state index is 13.1. The SMILES string of the molecule is CSC(c1ccccc1)P(=O)(OC(C)C)OC(C)C. The number of benzene rings is 1. The quantitative estimate of drug-likeness (QED) is 0.657. The second-order valence-electron chi connectivity index (χ2n) is 4.85. The summed E-state index contributed by atoms with van der Waals surface area (Å²) in [5.41, 5.74) is 0.972. The molecule has 0 aromatic heterocycles. The molecule has 0 N–H and O–H groups in total. The van der Waals surface area contributed by atoms with E-state index >= 15 is 0 Å². The van der Waals surface area contributed by atoms with Crippen LogP contribution in [0.25, 0.3) is 0 Å². The van der Waals surface area contributed by atoms with Gasteiger partial charge in [0.1, 0.15) is 4.99 Å². The second kappa shape index (κ2) is 7.49. The number of thioether (sulfide) groups is 1. The van der Waals surface area contributed by atoms with E-state index in [-0.39, 0.29) is 17.2 Å². The van der Waals surface area contributed by atoms with Crippen molar-refractivity contribution in [3.63, 3.8) is 0 Å². The van der Waals surface area contributed by atoms with Gasteiger partial charge in [-0.25, -0.2) is 0 Å². The first-order valence-corrected chi connectivity index (χ1v) is 9.33. The van der Waals surface area contributed by atoms with Crippen LogP contribution in [-0.4, -0.2) is 18.5 Å². The van der Waals surface area contributed by atoms with Crippen molar-refractivity contribution in [3.8, 4) is 0 Å². The van der Waals surface area contributed by atoms with Crippen molar-refractivity contribution in [1.29, 1.82) is 0 Å². The van der Waals surface area contributed by atoms with Crippen molar-refractivity contribution < 1.29 is 13.6 Å². The van der Waals surface area contributed by atoms with Crippen LogP contribution in [0.15, 0.2) is 30.3 Å². The van der Waals surface area contributed by atoms with E-state index in [1.807, 2.05) is 64.3 Å². The van der Waals surface area contributed by atoms with Gasteiger partial charge < -0.3 is 9.05 Å². The fraction of sp³-hybridized carbons (Fsp3) is 0.571. The van der Waals surface area contributed by atoms with Gasteiger partial charge in [0.15, 0.2) is 0 Å². The molecule has 0 aliphatic rings. The van der Waals surface area contributed by atoms with Crippen LogP contribution in [0.1, 0.15) is 38.2 Å². The van der Waals surface area contributed by atoms with E-state index in [0.717, 1.165) is 5.56 Å². The van der Waals surface area contributed by atoms with E-state index in [0.29, 0.717) is 0 Å². The molecule has 0 spiro atoms. The topological polar surface area (TPSA) is 35.5 Å². The van der Waals surface area contributed by atoms with Crippen LogP contribution in [0.5, 0.6) is 0 Å². The Balaban J connectivity index is 3.10. The normalized spacial score (nSPS) is 14.1. The molecule has 0 heterocycles. The largest absolute Gasteiger partial charge is 0.348 e. The Morgan fingerprint density at radius 1 is 1.00 bits per heavy atom. The highest BCUT2D eigenvalue weighted by atomic mass is 32.2. The zero-order valence-corrected chi connectivity index (χ0v) is 13.9. The van der Waals surface area contributed by atoms with Gasteiger partial charge in [-0.2, -0.15) is 0 Å². The lowest BCUT2D eigenvalue weighted by Crippen LogP contribution is -2.12.